The minimum absolute atomic E-state index is 0.127. The number of rotatable bonds is 5. The summed E-state index contributed by atoms with van der Waals surface area (Å²) in [7, 11) is 1.45. The lowest BCUT2D eigenvalue weighted by Crippen LogP contribution is -2.35. The van der Waals surface area contributed by atoms with Gasteiger partial charge >= 0.3 is 0 Å². The van der Waals surface area contributed by atoms with E-state index in [2.05, 4.69) is 5.32 Å². The summed E-state index contributed by atoms with van der Waals surface area (Å²) >= 11 is 0. The maximum absolute atomic E-state index is 11.9. The van der Waals surface area contributed by atoms with Gasteiger partial charge in [-0.25, -0.2) is 0 Å². The normalized spacial score (nSPS) is 16.1. The van der Waals surface area contributed by atoms with Crippen molar-refractivity contribution in [1.29, 1.82) is 0 Å². The van der Waals surface area contributed by atoms with E-state index in [9.17, 15) is 9.59 Å². The van der Waals surface area contributed by atoms with Crippen LogP contribution in [0.3, 0.4) is 0 Å². The van der Waals surface area contributed by atoms with E-state index in [0.29, 0.717) is 12.1 Å². The zero-order chi connectivity index (χ0) is 15.4. The van der Waals surface area contributed by atoms with E-state index in [1.807, 2.05) is 19.1 Å². The lowest BCUT2D eigenvalue weighted by Gasteiger charge is -2.19. The van der Waals surface area contributed by atoms with E-state index in [0.717, 1.165) is 24.2 Å². The molecule has 0 radical (unpaired) electrons. The molecule has 1 aromatic rings. The predicted molar refractivity (Wildman–Crippen MR) is 81.2 cm³/mol. The van der Waals surface area contributed by atoms with Crippen LogP contribution in [0.2, 0.25) is 0 Å². The molecule has 2 amide bonds. The third-order valence-electron chi connectivity index (χ3n) is 3.62. The van der Waals surface area contributed by atoms with Gasteiger partial charge in [-0.05, 0) is 37.1 Å². The number of carbonyl (C=O) groups is 2. The van der Waals surface area contributed by atoms with E-state index in [1.165, 1.54) is 7.11 Å². The zero-order valence-electron chi connectivity index (χ0n) is 12.4. The smallest absolute Gasteiger partial charge is 0.254 e. The van der Waals surface area contributed by atoms with Crippen LogP contribution < -0.4 is 16.0 Å². The molecule has 2 rings (SSSR count). The number of benzene rings is 1. The number of nitrogens with one attached hydrogen (secondary N) is 1. The quantitative estimate of drug-likeness (QED) is 0.848. The van der Waals surface area contributed by atoms with E-state index in [-0.39, 0.29) is 18.4 Å². The summed E-state index contributed by atoms with van der Waals surface area (Å²) in [6.45, 7) is 2.80. The number of ether oxygens (including phenoxy) is 1. The van der Waals surface area contributed by atoms with Crippen molar-refractivity contribution in [3.05, 3.63) is 23.8 Å². The Morgan fingerprint density at radius 3 is 2.81 bits per heavy atom. The molecule has 1 saturated heterocycles. The molecule has 114 valence electrons. The van der Waals surface area contributed by atoms with E-state index < -0.39 is 6.10 Å². The maximum Gasteiger partial charge on any atom is 0.254 e. The number of aryl methyl sites for hydroxylation is 1. The molecule has 0 aromatic heterocycles. The van der Waals surface area contributed by atoms with Crippen LogP contribution in [0.15, 0.2) is 18.2 Å². The molecule has 0 aliphatic carbocycles. The highest BCUT2D eigenvalue weighted by Gasteiger charge is 2.23. The highest BCUT2D eigenvalue weighted by atomic mass is 16.5. The number of hydrogen-bond donors (Lipinski definition) is 2. The first kappa shape index (κ1) is 15.5. The van der Waals surface area contributed by atoms with Crippen molar-refractivity contribution in [2.45, 2.75) is 25.9 Å². The predicted octanol–water partition coefficient (Wildman–Crippen LogP) is 1.03. The first-order valence-corrected chi connectivity index (χ1v) is 7.01. The van der Waals surface area contributed by atoms with Crippen molar-refractivity contribution in [3.63, 3.8) is 0 Å². The number of anilines is 2. The molecule has 1 aromatic carbocycles. The average Bonchev–Trinajstić information content (AvgIpc) is 2.86. The van der Waals surface area contributed by atoms with Crippen LogP contribution in [0.5, 0.6) is 0 Å². The van der Waals surface area contributed by atoms with Crippen LogP contribution >= 0.6 is 0 Å². The average molecular weight is 291 g/mol. The summed E-state index contributed by atoms with van der Waals surface area (Å²) in [5.41, 5.74) is 7.98. The lowest BCUT2D eigenvalue weighted by atomic mass is 10.1. The molecular formula is C15H21N3O3. The van der Waals surface area contributed by atoms with Gasteiger partial charge in [0, 0.05) is 38.0 Å². The monoisotopic (exact) mass is 291 g/mol. The van der Waals surface area contributed by atoms with E-state index in [4.69, 9.17) is 10.5 Å². The Morgan fingerprint density at radius 2 is 2.29 bits per heavy atom. The van der Waals surface area contributed by atoms with Gasteiger partial charge in [0.25, 0.3) is 5.91 Å². The summed E-state index contributed by atoms with van der Waals surface area (Å²) in [4.78, 5) is 25.5. The third-order valence-corrected chi connectivity index (χ3v) is 3.62. The fraction of sp³-hybridized carbons (Fsp3) is 0.467. The Labute approximate surface area is 124 Å². The van der Waals surface area contributed by atoms with Gasteiger partial charge < -0.3 is 20.7 Å². The summed E-state index contributed by atoms with van der Waals surface area (Å²) in [5.74, 6) is -0.123. The molecule has 21 heavy (non-hydrogen) atoms. The van der Waals surface area contributed by atoms with Gasteiger partial charge in [0.15, 0.2) is 0 Å². The number of amides is 2. The molecule has 0 bridgehead atoms. The number of hydrogen-bond acceptors (Lipinski definition) is 4. The van der Waals surface area contributed by atoms with Gasteiger partial charge in [0.2, 0.25) is 5.91 Å². The van der Waals surface area contributed by atoms with Gasteiger partial charge in [0.05, 0.1) is 0 Å². The first-order valence-electron chi connectivity index (χ1n) is 7.01. The molecule has 0 saturated carbocycles. The Hall–Kier alpha value is -1.92. The van der Waals surface area contributed by atoms with E-state index >= 15 is 0 Å². The molecule has 1 unspecified atom stereocenters. The zero-order valence-corrected chi connectivity index (χ0v) is 12.4. The molecule has 6 heteroatoms. The standard InChI is InChI=1S/C15H21N3O3/c1-10-8-11(17-15(20)13(9-16)21-2)5-6-12(10)18-7-3-4-14(18)19/h5-6,8,13H,3-4,7,9,16H2,1-2H3,(H,17,20). The molecule has 3 N–H and O–H groups in total. The Balaban J connectivity index is 2.12. The molecule has 1 heterocycles. The molecule has 1 aliphatic heterocycles. The minimum Gasteiger partial charge on any atom is -0.370 e. The second-order valence-corrected chi connectivity index (χ2v) is 5.10. The van der Waals surface area contributed by atoms with Crippen LogP contribution in [0.1, 0.15) is 18.4 Å². The third kappa shape index (κ3) is 3.40. The van der Waals surface area contributed by atoms with Crippen molar-refractivity contribution in [1.82, 2.24) is 0 Å². The number of methoxy groups -OCH3 is 1. The second kappa shape index (κ2) is 6.69. The SMILES string of the molecule is COC(CN)C(=O)Nc1ccc(N2CCCC2=O)c(C)c1. The molecular weight excluding hydrogens is 270 g/mol. The number of nitrogens with zero attached hydrogens (tertiary/aromatic N) is 1. The van der Waals surface area contributed by atoms with Crippen LogP contribution in [0.4, 0.5) is 11.4 Å². The Morgan fingerprint density at radius 1 is 1.52 bits per heavy atom. The van der Waals surface area contributed by atoms with Gasteiger partial charge in [-0.1, -0.05) is 0 Å². The maximum atomic E-state index is 11.9. The lowest BCUT2D eigenvalue weighted by molar-refractivity contribution is -0.125. The molecule has 1 aliphatic rings. The molecule has 1 atom stereocenters. The number of nitrogens with two attached hydrogens (primary N) is 1. The minimum atomic E-state index is -0.662. The van der Waals surface area contributed by atoms with Crippen LogP contribution in [-0.2, 0) is 14.3 Å². The summed E-state index contributed by atoms with van der Waals surface area (Å²) < 4.78 is 4.99. The van der Waals surface area contributed by atoms with Gasteiger partial charge in [0.1, 0.15) is 6.10 Å². The van der Waals surface area contributed by atoms with Crippen LogP contribution in [-0.4, -0.2) is 38.1 Å². The molecule has 1 fully saturated rings. The van der Waals surface area contributed by atoms with Crippen molar-refractivity contribution < 1.29 is 14.3 Å². The highest BCUT2D eigenvalue weighted by molar-refractivity contribution is 5.97. The van der Waals surface area contributed by atoms with Crippen LogP contribution in [0.25, 0.3) is 0 Å². The van der Waals surface area contributed by atoms with Gasteiger partial charge in [-0.2, -0.15) is 0 Å². The van der Waals surface area contributed by atoms with Crippen molar-refractivity contribution in [3.8, 4) is 0 Å². The van der Waals surface area contributed by atoms with Crippen molar-refractivity contribution >= 4 is 23.2 Å². The first-order chi connectivity index (χ1) is 10.1. The van der Waals surface area contributed by atoms with Gasteiger partial charge in [-0.3, -0.25) is 9.59 Å². The number of carbonyl (C=O) groups excluding carboxylic acids is 2. The molecule has 6 nitrogen and oxygen atoms in total. The fourth-order valence-corrected chi connectivity index (χ4v) is 2.47. The fourth-order valence-electron chi connectivity index (χ4n) is 2.47. The van der Waals surface area contributed by atoms with Crippen molar-refractivity contribution in [2.75, 3.05) is 30.4 Å². The Kier molecular flexibility index (Phi) is 4.93. The highest BCUT2D eigenvalue weighted by Crippen LogP contribution is 2.27. The van der Waals surface area contributed by atoms with Crippen LogP contribution in [0, 0.1) is 6.92 Å². The van der Waals surface area contributed by atoms with E-state index in [1.54, 1.807) is 11.0 Å². The van der Waals surface area contributed by atoms with Crippen molar-refractivity contribution in [2.24, 2.45) is 5.73 Å². The summed E-state index contributed by atoms with van der Waals surface area (Å²) in [5, 5.41) is 2.77. The topological polar surface area (TPSA) is 84.7 Å². The summed E-state index contributed by atoms with van der Waals surface area (Å²) in [6, 6.07) is 5.50. The second-order valence-electron chi connectivity index (χ2n) is 5.10. The summed E-state index contributed by atoms with van der Waals surface area (Å²) in [6.07, 6.45) is 0.831. The van der Waals surface area contributed by atoms with Gasteiger partial charge in [-0.15, -0.1) is 0 Å². The Bertz CT molecular complexity index is 541. The molecule has 0 spiro atoms. The largest absolute Gasteiger partial charge is 0.370 e.